The van der Waals surface area contributed by atoms with E-state index in [0.717, 1.165) is 19.3 Å². The molecule has 0 spiro atoms. The number of carbonyl (C=O) groups excluding carboxylic acids is 1. The van der Waals surface area contributed by atoms with Gasteiger partial charge in [-0.1, -0.05) is 0 Å². The molecule has 5 heteroatoms. The maximum atomic E-state index is 12.4. The van der Waals surface area contributed by atoms with Crippen molar-refractivity contribution in [1.82, 2.24) is 4.90 Å². The van der Waals surface area contributed by atoms with Crippen LogP contribution in [-0.2, 0) is 4.79 Å². The number of rotatable bonds is 3. The van der Waals surface area contributed by atoms with E-state index in [0.29, 0.717) is 17.7 Å². The number of carboxylic acids is 1. The second-order valence-electron chi connectivity index (χ2n) is 4.94. The predicted molar refractivity (Wildman–Crippen MR) is 72.1 cm³/mol. The Bertz CT molecular complexity index is 545. The van der Waals surface area contributed by atoms with E-state index in [4.69, 9.17) is 10.4 Å². The highest BCUT2D eigenvalue weighted by Gasteiger charge is 2.28. The van der Waals surface area contributed by atoms with Gasteiger partial charge in [0.05, 0.1) is 18.1 Å². The zero-order chi connectivity index (χ0) is 14.5. The van der Waals surface area contributed by atoms with Crippen LogP contribution in [0.5, 0.6) is 0 Å². The number of amides is 1. The number of nitriles is 1. The number of nitrogens with zero attached hydrogens (tertiary/aromatic N) is 2. The van der Waals surface area contributed by atoms with Gasteiger partial charge in [-0.15, -0.1) is 0 Å². The minimum atomic E-state index is -0.880. The van der Waals surface area contributed by atoms with E-state index in [9.17, 15) is 9.59 Å². The van der Waals surface area contributed by atoms with Crippen LogP contribution >= 0.6 is 0 Å². The predicted octanol–water partition coefficient (Wildman–Crippen LogP) is 2.03. The Hall–Kier alpha value is -2.35. The van der Waals surface area contributed by atoms with Crippen LogP contribution in [-0.4, -0.2) is 34.5 Å². The van der Waals surface area contributed by atoms with E-state index in [1.165, 1.54) is 0 Å². The molecule has 1 atom stereocenters. The van der Waals surface area contributed by atoms with Gasteiger partial charge in [0.2, 0.25) is 0 Å². The van der Waals surface area contributed by atoms with Crippen LogP contribution in [0.15, 0.2) is 24.3 Å². The lowest BCUT2D eigenvalue weighted by Crippen LogP contribution is -2.44. The largest absolute Gasteiger partial charge is 0.481 e. The van der Waals surface area contributed by atoms with Crippen molar-refractivity contribution in [3.05, 3.63) is 35.4 Å². The van der Waals surface area contributed by atoms with Crippen LogP contribution in [0.3, 0.4) is 0 Å². The average molecular weight is 272 g/mol. The Morgan fingerprint density at radius 1 is 1.30 bits per heavy atom. The van der Waals surface area contributed by atoms with Crippen LogP contribution in [0.1, 0.15) is 41.6 Å². The Labute approximate surface area is 117 Å². The van der Waals surface area contributed by atoms with Gasteiger partial charge < -0.3 is 10.0 Å². The Morgan fingerprint density at radius 3 is 2.60 bits per heavy atom. The SMILES string of the molecule is N#Cc1ccc(C(=O)N2CCCCC2CC(=O)O)cc1. The van der Waals surface area contributed by atoms with Crippen molar-refractivity contribution in [1.29, 1.82) is 5.26 Å². The number of piperidine rings is 1. The van der Waals surface area contributed by atoms with Crippen LogP contribution in [0.4, 0.5) is 0 Å². The van der Waals surface area contributed by atoms with Crippen molar-refractivity contribution in [2.75, 3.05) is 6.54 Å². The first kappa shape index (κ1) is 14.1. The first-order valence-electron chi connectivity index (χ1n) is 6.64. The molecule has 104 valence electrons. The summed E-state index contributed by atoms with van der Waals surface area (Å²) in [7, 11) is 0. The molecule has 0 aliphatic carbocycles. The summed E-state index contributed by atoms with van der Waals surface area (Å²) >= 11 is 0. The van der Waals surface area contributed by atoms with Gasteiger partial charge in [-0.2, -0.15) is 5.26 Å². The smallest absolute Gasteiger partial charge is 0.305 e. The third kappa shape index (κ3) is 3.15. The second-order valence-corrected chi connectivity index (χ2v) is 4.94. The molecule has 1 heterocycles. The fourth-order valence-corrected chi connectivity index (χ4v) is 2.53. The fraction of sp³-hybridized carbons (Fsp3) is 0.400. The monoisotopic (exact) mass is 272 g/mol. The molecule has 1 amide bonds. The molecule has 1 unspecified atom stereocenters. The van der Waals surface area contributed by atoms with Crippen molar-refractivity contribution in [2.45, 2.75) is 31.7 Å². The average Bonchev–Trinajstić information content (AvgIpc) is 2.46. The second kappa shape index (κ2) is 6.20. The van der Waals surface area contributed by atoms with Crippen molar-refractivity contribution in [3.63, 3.8) is 0 Å². The lowest BCUT2D eigenvalue weighted by atomic mass is 9.98. The lowest BCUT2D eigenvalue weighted by molar-refractivity contribution is -0.138. The minimum absolute atomic E-state index is 0.0119. The lowest BCUT2D eigenvalue weighted by Gasteiger charge is -2.35. The summed E-state index contributed by atoms with van der Waals surface area (Å²) in [6.07, 6.45) is 2.57. The topological polar surface area (TPSA) is 81.4 Å². The maximum absolute atomic E-state index is 12.4. The molecule has 1 aromatic carbocycles. The molecule has 20 heavy (non-hydrogen) atoms. The molecule has 0 saturated carbocycles. The number of hydrogen-bond donors (Lipinski definition) is 1. The number of carbonyl (C=O) groups is 2. The molecule has 1 aliphatic heterocycles. The highest BCUT2D eigenvalue weighted by Crippen LogP contribution is 2.22. The van der Waals surface area contributed by atoms with E-state index in [-0.39, 0.29) is 18.4 Å². The van der Waals surface area contributed by atoms with E-state index in [2.05, 4.69) is 0 Å². The highest BCUT2D eigenvalue weighted by atomic mass is 16.4. The summed E-state index contributed by atoms with van der Waals surface area (Å²) in [4.78, 5) is 25.0. The van der Waals surface area contributed by atoms with Crippen molar-refractivity contribution in [3.8, 4) is 6.07 Å². The minimum Gasteiger partial charge on any atom is -0.481 e. The van der Waals surface area contributed by atoms with Gasteiger partial charge in [0.1, 0.15) is 0 Å². The van der Waals surface area contributed by atoms with Gasteiger partial charge in [-0.25, -0.2) is 0 Å². The molecule has 5 nitrogen and oxygen atoms in total. The molecule has 1 aromatic rings. The maximum Gasteiger partial charge on any atom is 0.305 e. The molecule has 1 aliphatic rings. The molecule has 1 fully saturated rings. The Morgan fingerprint density at radius 2 is 2.00 bits per heavy atom. The van der Waals surface area contributed by atoms with Gasteiger partial charge in [0.25, 0.3) is 5.91 Å². The highest BCUT2D eigenvalue weighted by molar-refractivity contribution is 5.94. The van der Waals surface area contributed by atoms with E-state index in [1.54, 1.807) is 29.2 Å². The summed E-state index contributed by atoms with van der Waals surface area (Å²) in [6, 6.07) is 8.21. The molecule has 0 radical (unpaired) electrons. The van der Waals surface area contributed by atoms with Gasteiger partial charge in [0.15, 0.2) is 0 Å². The summed E-state index contributed by atoms with van der Waals surface area (Å²) in [5.74, 6) is -1.03. The van der Waals surface area contributed by atoms with E-state index < -0.39 is 5.97 Å². The molecule has 2 rings (SSSR count). The number of aliphatic carboxylic acids is 1. The van der Waals surface area contributed by atoms with Gasteiger partial charge in [-0.3, -0.25) is 9.59 Å². The zero-order valence-corrected chi connectivity index (χ0v) is 11.1. The Balaban J connectivity index is 2.16. The van der Waals surface area contributed by atoms with E-state index in [1.807, 2.05) is 6.07 Å². The van der Waals surface area contributed by atoms with Gasteiger partial charge in [0, 0.05) is 18.2 Å². The fourth-order valence-electron chi connectivity index (χ4n) is 2.53. The summed E-state index contributed by atoms with van der Waals surface area (Å²) in [6.45, 7) is 0.594. The Kier molecular flexibility index (Phi) is 4.36. The summed E-state index contributed by atoms with van der Waals surface area (Å²) in [5.41, 5.74) is 1.00. The quantitative estimate of drug-likeness (QED) is 0.912. The van der Waals surface area contributed by atoms with Crippen molar-refractivity contribution < 1.29 is 14.7 Å². The molecule has 1 saturated heterocycles. The number of likely N-dealkylation sites (tertiary alicyclic amines) is 1. The molecule has 0 bridgehead atoms. The first-order valence-corrected chi connectivity index (χ1v) is 6.64. The van der Waals surface area contributed by atoms with Crippen LogP contribution in [0.25, 0.3) is 0 Å². The summed E-state index contributed by atoms with van der Waals surface area (Å²) in [5, 5.41) is 17.7. The van der Waals surface area contributed by atoms with Crippen molar-refractivity contribution >= 4 is 11.9 Å². The summed E-state index contributed by atoms with van der Waals surface area (Å²) < 4.78 is 0. The first-order chi connectivity index (χ1) is 9.61. The van der Waals surface area contributed by atoms with Crippen molar-refractivity contribution in [2.24, 2.45) is 0 Å². The zero-order valence-electron chi connectivity index (χ0n) is 11.1. The molecular formula is C15H16N2O3. The molecular weight excluding hydrogens is 256 g/mol. The molecule has 1 N–H and O–H groups in total. The number of benzene rings is 1. The standard InChI is InChI=1S/C15H16N2O3/c16-10-11-4-6-12(7-5-11)15(20)17-8-2-1-3-13(17)9-14(18)19/h4-7,13H,1-3,8-9H2,(H,18,19). The van der Waals surface area contributed by atoms with Gasteiger partial charge in [-0.05, 0) is 43.5 Å². The number of hydrogen-bond acceptors (Lipinski definition) is 3. The molecule has 0 aromatic heterocycles. The normalized spacial score (nSPS) is 18.4. The number of carboxylic acid groups (broad SMARTS) is 1. The van der Waals surface area contributed by atoms with Crippen LogP contribution in [0.2, 0.25) is 0 Å². The van der Waals surface area contributed by atoms with Gasteiger partial charge >= 0.3 is 5.97 Å². The third-order valence-electron chi connectivity index (χ3n) is 3.56. The van der Waals surface area contributed by atoms with Crippen LogP contribution in [0, 0.1) is 11.3 Å². The third-order valence-corrected chi connectivity index (χ3v) is 3.56. The van der Waals surface area contributed by atoms with E-state index >= 15 is 0 Å². The van der Waals surface area contributed by atoms with Crippen LogP contribution < -0.4 is 0 Å².